The van der Waals surface area contributed by atoms with E-state index < -0.39 is 0 Å². The third-order valence-corrected chi connectivity index (χ3v) is 4.14. The summed E-state index contributed by atoms with van der Waals surface area (Å²) in [7, 11) is 1.88. The van der Waals surface area contributed by atoms with E-state index in [1.165, 1.54) is 0 Å². The Morgan fingerprint density at radius 3 is 2.86 bits per heavy atom. The van der Waals surface area contributed by atoms with Gasteiger partial charge >= 0.3 is 0 Å². The Bertz CT molecular complexity index is 481. The van der Waals surface area contributed by atoms with Crippen LogP contribution in [0.15, 0.2) is 24.3 Å². The van der Waals surface area contributed by atoms with Crippen molar-refractivity contribution in [3.05, 3.63) is 29.8 Å². The van der Waals surface area contributed by atoms with Gasteiger partial charge in [-0.05, 0) is 39.3 Å². The summed E-state index contributed by atoms with van der Waals surface area (Å²) in [5, 5.41) is 3.33. The zero-order valence-electron chi connectivity index (χ0n) is 13.3. The van der Waals surface area contributed by atoms with Crippen molar-refractivity contribution in [1.82, 2.24) is 10.2 Å². The number of amides is 1. The van der Waals surface area contributed by atoms with Gasteiger partial charge in [0.25, 0.3) is 0 Å². The summed E-state index contributed by atoms with van der Waals surface area (Å²) in [6.45, 7) is 7.04. The van der Waals surface area contributed by atoms with E-state index in [0.29, 0.717) is 13.2 Å². The Morgan fingerprint density at radius 1 is 1.43 bits per heavy atom. The van der Waals surface area contributed by atoms with Gasteiger partial charge in [0.05, 0.1) is 12.0 Å². The van der Waals surface area contributed by atoms with Gasteiger partial charge in [0.2, 0.25) is 5.91 Å². The number of carbonyl (C=O) groups is 1. The van der Waals surface area contributed by atoms with Crippen LogP contribution < -0.4 is 10.1 Å². The fourth-order valence-corrected chi connectivity index (χ4v) is 2.96. The third-order valence-electron chi connectivity index (χ3n) is 4.14. The van der Waals surface area contributed by atoms with E-state index in [0.717, 1.165) is 37.2 Å². The van der Waals surface area contributed by atoms with Crippen molar-refractivity contribution in [2.75, 3.05) is 26.7 Å². The van der Waals surface area contributed by atoms with Crippen molar-refractivity contribution in [3.63, 3.8) is 0 Å². The molecule has 0 aromatic heterocycles. The van der Waals surface area contributed by atoms with Gasteiger partial charge in [0.15, 0.2) is 0 Å². The van der Waals surface area contributed by atoms with Gasteiger partial charge in [0.1, 0.15) is 5.75 Å². The average molecular weight is 290 g/mol. The van der Waals surface area contributed by atoms with Gasteiger partial charge in [-0.2, -0.15) is 0 Å². The van der Waals surface area contributed by atoms with E-state index in [9.17, 15) is 4.79 Å². The lowest BCUT2D eigenvalue weighted by Crippen LogP contribution is -2.48. The Hall–Kier alpha value is -1.55. The molecule has 1 atom stereocenters. The summed E-state index contributed by atoms with van der Waals surface area (Å²) in [5.41, 5.74) is 0.774. The monoisotopic (exact) mass is 290 g/mol. The van der Waals surface area contributed by atoms with Crippen molar-refractivity contribution in [2.45, 2.75) is 33.2 Å². The molecule has 116 valence electrons. The minimum atomic E-state index is -0.284. The van der Waals surface area contributed by atoms with E-state index in [4.69, 9.17) is 4.74 Å². The minimum absolute atomic E-state index is 0.209. The molecule has 1 N–H and O–H groups in total. The van der Waals surface area contributed by atoms with Crippen molar-refractivity contribution >= 4 is 5.91 Å². The zero-order chi connectivity index (χ0) is 15.3. The molecule has 0 bridgehead atoms. The molecular formula is C17H26N2O2. The highest BCUT2D eigenvalue weighted by Crippen LogP contribution is 2.29. The summed E-state index contributed by atoms with van der Waals surface area (Å²) in [4.78, 5) is 14.6. The van der Waals surface area contributed by atoms with Gasteiger partial charge in [0, 0.05) is 25.7 Å². The fourth-order valence-electron chi connectivity index (χ4n) is 2.96. The van der Waals surface area contributed by atoms with E-state index in [-0.39, 0.29) is 11.3 Å². The maximum atomic E-state index is 12.7. The maximum absolute atomic E-state index is 12.7. The first-order chi connectivity index (χ1) is 10.1. The molecule has 21 heavy (non-hydrogen) atoms. The molecule has 1 saturated heterocycles. The Balaban J connectivity index is 2.07. The van der Waals surface area contributed by atoms with Crippen LogP contribution in [0.3, 0.4) is 0 Å². The van der Waals surface area contributed by atoms with Gasteiger partial charge in [-0.1, -0.05) is 18.2 Å². The van der Waals surface area contributed by atoms with Gasteiger partial charge in [-0.3, -0.25) is 4.79 Å². The number of ether oxygens (including phenoxy) is 1. The van der Waals surface area contributed by atoms with E-state index in [2.05, 4.69) is 12.2 Å². The number of nitrogens with one attached hydrogen (secondary N) is 1. The van der Waals surface area contributed by atoms with Crippen molar-refractivity contribution in [3.8, 4) is 5.75 Å². The molecule has 0 aliphatic carbocycles. The largest absolute Gasteiger partial charge is 0.494 e. The first kappa shape index (κ1) is 15.8. The SMILES string of the molecule is CCOc1ccccc1CN(C)C(=O)C1(C)CCCNC1. The second-order valence-corrected chi connectivity index (χ2v) is 6.04. The smallest absolute Gasteiger partial charge is 0.229 e. The summed E-state index contributed by atoms with van der Waals surface area (Å²) in [6, 6.07) is 7.93. The number of rotatable bonds is 5. The van der Waals surface area contributed by atoms with Crippen LogP contribution in [-0.4, -0.2) is 37.6 Å². The summed E-state index contributed by atoms with van der Waals surface area (Å²) >= 11 is 0. The summed E-state index contributed by atoms with van der Waals surface area (Å²) in [5.74, 6) is 1.08. The van der Waals surface area contributed by atoms with Crippen LogP contribution in [0.4, 0.5) is 0 Å². The molecule has 4 heteroatoms. The molecule has 1 heterocycles. The molecule has 0 radical (unpaired) electrons. The number of hydrogen-bond acceptors (Lipinski definition) is 3. The average Bonchev–Trinajstić information content (AvgIpc) is 2.49. The number of para-hydroxylation sites is 1. The molecule has 1 aliphatic heterocycles. The standard InChI is InChI=1S/C17H26N2O2/c1-4-21-15-9-6-5-8-14(15)12-19(3)16(20)17(2)10-7-11-18-13-17/h5-6,8-9,18H,4,7,10-13H2,1-3H3. The molecule has 4 nitrogen and oxygen atoms in total. The molecular weight excluding hydrogens is 264 g/mol. The van der Waals surface area contributed by atoms with Crippen molar-refractivity contribution in [1.29, 1.82) is 0 Å². The Kier molecular flexibility index (Phi) is 5.23. The predicted octanol–water partition coefficient (Wildman–Crippen LogP) is 2.43. The van der Waals surface area contributed by atoms with Crippen molar-refractivity contribution < 1.29 is 9.53 Å². The lowest BCUT2D eigenvalue weighted by molar-refractivity contribution is -0.141. The van der Waals surface area contributed by atoms with Crippen LogP contribution >= 0.6 is 0 Å². The van der Waals surface area contributed by atoms with Gasteiger partial charge < -0.3 is 15.0 Å². The molecule has 1 fully saturated rings. The highest BCUT2D eigenvalue weighted by atomic mass is 16.5. The van der Waals surface area contributed by atoms with Gasteiger partial charge in [-0.15, -0.1) is 0 Å². The quantitative estimate of drug-likeness (QED) is 0.905. The zero-order valence-corrected chi connectivity index (χ0v) is 13.3. The summed E-state index contributed by atoms with van der Waals surface area (Å²) < 4.78 is 5.64. The third kappa shape index (κ3) is 3.76. The first-order valence-corrected chi connectivity index (χ1v) is 7.74. The molecule has 1 aromatic rings. The van der Waals surface area contributed by atoms with Crippen LogP contribution in [0, 0.1) is 5.41 Å². The highest BCUT2D eigenvalue weighted by Gasteiger charge is 2.36. The molecule has 1 aromatic carbocycles. The van der Waals surface area contributed by atoms with E-state index in [1.807, 2.05) is 43.1 Å². The fraction of sp³-hybridized carbons (Fsp3) is 0.588. The predicted molar refractivity (Wildman–Crippen MR) is 84.3 cm³/mol. The van der Waals surface area contributed by atoms with E-state index in [1.54, 1.807) is 0 Å². The topological polar surface area (TPSA) is 41.6 Å². The van der Waals surface area contributed by atoms with Crippen LogP contribution in [0.25, 0.3) is 0 Å². The Labute approximate surface area is 127 Å². The van der Waals surface area contributed by atoms with Crippen LogP contribution in [0.2, 0.25) is 0 Å². The number of benzene rings is 1. The normalized spacial score (nSPS) is 21.9. The lowest BCUT2D eigenvalue weighted by Gasteiger charge is -2.36. The molecule has 2 rings (SSSR count). The number of carbonyl (C=O) groups excluding carboxylic acids is 1. The lowest BCUT2D eigenvalue weighted by atomic mass is 9.81. The molecule has 0 spiro atoms. The molecule has 0 saturated carbocycles. The number of piperidine rings is 1. The second-order valence-electron chi connectivity index (χ2n) is 6.04. The molecule has 1 amide bonds. The Morgan fingerprint density at radius 2 is 2.19 bits per heavy atom. The van der Waals surface area contributed by atoms with Crippen LogP contribution in [0.5, 0.6) is 5.75 Å². The second kappa shape index (κ2) is 6.94. The molecule has 1 aliphatic rings. The van der Waals surface area contributed by atoms with Gasteiger partial charge in [-0.25, -0.2) is 0 Å². The van der Waals surface area contributed by atoms with E-state index >= 15 is 0 Å². The minimum Gasteiger partial charge on any atom is -0.494 e. The number of nitrogens with zero attached hydrogens (tertiary/aromatic N) is 1. The maximum Gasteiger partial charge on any atom is 0.229 e. The highest BCUT2D eigenvalue weighted by molar-refractivity contribution is 5.82. The number of hydrogen-bond donors (Lipinski definition) is 1. The molecule has 1 unspecified atom stereocenters. The first-order valence-electron chi connectivity index (χ1n) is 7.74. The van der Waals surface area contributed by atoms with Crippen molar-refractivity contribution in [2.24, 2.45) is 5.41 Å². The van der Waals surface area contributed by atoms with Crippen LogP contribution in [0.1, 0.15) is 32.3 Å². The summed E-state index contributed by atoms with van der Waals surface area (Å²) in [6.07, 6.45) is 2.02. The van der Waals surface area contributed by atoms with Crippen LogP contribution in [-0.2, 0) is 11.3 Å².